The standard InChI is InChI=1S/C15H16FN3O3/c1-3-12(15(21)22)18-14(20)10-8-17-19(9(10)2)13-7-5-4-6-11(13)16/h4-8,12H,3H2,1-2H3,(H,18,20)(H,21,22). The molecule has 0 aliphatic rings. The monoisotopic (exact) mass is 305 g/mol. The first kappa shape index (κ1) is 15.7. The Morgan fingerprint density at radius 3 is 2.68 bits per heavy atom. The van der Waals surface area contributed by atoms with E-state index in [1.54, 1.807) is 32.0 Å². The maximum Gasteiger partial charge on any atom is 0.326 e. The molecule has 0 radical (unpaired) electrons. The quantitative estimate of drug-likeness (QED) is 0.884. The molecule has 0 spiro atoms. The molecule has 0 aliphatic heterocycles. The first-order valence-electron chi connectivity index (χ1n) is 6.78. The molecule has 7 heteroatoms. The van der Waals surface area contributed by atoms with Gasteiger partial charge in [-0.3, -0.25) is 4.79 Å². The van der Waals surface area contributed by atoms with Crippen molar-refractivity contribution in [3.63, 3.8) is 0 Å². The van der Waals surface area contributed by atoms with Crippen molar-refractivity contribution >= 4 is 11.9 Å². The van der Waals surface area contributed by atoms with Gasteiger partial charge in [0.05, 0.1) is 17.5 Å². The summed E-state index contributed by atoms with van der Waals surface area (Å²) < 4.78 is 15.1. The van der Waals surface area contributed by atoms with Crippen LogP contribution in [0.1, 0.15) is 29.4 Å². The van der Waals surface area contributed by atoms with Gasteiger partial charge in [0.25, 0.3) is 5.91 Å². The van der Waals surface area contributed by atoms with Crippen molar-refractivity contribution in [1.29, 1.82) is 0 Å². The van der Waals surface area contributed by atoms with Crippen LogP contribution in [0, 0.1) is 12.7 Å². The second kappa shape index (κ2) is 6.38. The summed E-state index contributed by atoms with van der Waals surface area (Å²) in [5.41, 5.74) is 0.870. The van der Waals surface area contributed by atoms with Crippen molar-refractivity contribution < 1.29 is 19.1 Å². The molecule has 2 rings (SSSR count). The topological polar surface area (TPSA) is 84.2 Å². The van der Waals surface area contributed by atoms with Gasteiger partial charge >= 0.3 is 5.97 Å². The molecule has 0 fully saturated rings. The van der Waals surface area contributed by atoms with E-state index in [2.05, 4.69) is 10.4 Å². The average Bonchev–Trinajstić information content (AvgIpc) is 2.86. The minimum absolute atomic E-state index is 0.211. The number of amides is 1. The van der Waals surface area contributed by atoms with Crippen LogP contribution in [0.2, 0.25) is 0 Å². The van der Waals surface area contributed by atoms with Crippen LogP contribution >= 0.6 is 0 Å². The fraction of sp³-hybridized carbons (Fsp3) is 0.267. The van der Waals surface area contributed by atoms with E-state index in [1.165, 1.54) is 16.9 Å². The van der Waals surface area contributed by atoms with Gasteiger partial charge in [0.15, 0.2) is 0 Å². The van der Waals surface area contributed by atoms with Gasteiger partial charge in [-0.2, -0.15) is 5.10 Å². The first-order valence-corrected chi connectivity index (χ1v) is 6.78. The summed E-state index contributed by atoms with van der Waals surface area (Å²) in [6.45, 7) is 3.28. The van der Waals surface area contributed by atoms with Crippen molar-refractivity contribution in [1.82, 2.24) is 15.1 Å². The molecular weight excluding hydrogens is 289 g/mol. The van der Waals surface area contributed by atoms with E-state index in [4.69, 9.17) is 5.11 Å². The van der Waals surface area contributed by atoms with Crippen LogP contribution in [0.25, 0.3) is 5.69 Å². The smallest absolute Gasteiger partial charge is 0.326 e. The number of hydrogen-bond acceptors (Lipinski definition) is 3. The number of benzene rings is 1. The van der Waals surface area contributed by atoms with Gasteiger partial charge in [0, 0.05) is 0 Å². The third kappa shape index (κ3) is 2.98. The zero-order chi connectivity index (χ0) is 16.3. The van der Waals surface area contributed by atoms with Gasteiger partial charge in [0.1, 0.15) is 17.5 Å². The summed E-state index contributed by atoms with van der Waals surface area (Å²) in [5.74, 6) is -2.11. The molecule has 0 saturated carbocycles. The Bertz CT molecular complexity index is 712. The Balaban J connectivity index is 2.30. The van der Waals surface area contributed by atoms with Crippen molar-refractivity contribution in [2.45, 2.75) is 26.3 Å². The largest absolute Gasteiger partial charge is 0.480 e. The number of carboxylic acids is 1. The van der Waals surface area contributed by atoms with Gasteiger partial charge in [-0.1, -0.05) is 19.1 Å². The van der Waals surface area contributed by atoms with Crippen molar-refractivity contribution in [3.8, 4) is 5.69 Å². The predicted octanol–water partition coefficient (Wildman–Crippen LogP) is 1.91. The maximum absolute atomic E-state index is 13.8. The predicted molar refractivity (Wildman–Crippen MR) is 77.4 cm³/mol. The minimum atomic E-state index is -1.10. The first-order chi connectivity index (χ1) is 10.5. The molecule has 1 amide bonds. The lowest BCUT2D eigenvalue weighted by Gasteiger charge is -2.12. The lowest BCUT2D eigenvalue weighted by Crippen LogP contribution is -2.40. The Hall–Kier alpha value is -2.70. The molecule has 0 aliphatic carbocycles. The number of aromatic nitrogens is 2. The van der Waals surface area contributed by atoms with E-state index in [9.17, 15) is 14.0 Å². The molecule has 2 N–H and O–H groups in total. The highest BCUT2D eigenvalue weighted by atomic mass is 19.1. The Morgan fingerprint density at radius 2 is 2.09 bits per heavy atom. The van der Waals surface area contributed by atoms with Gasteiger partial charge in [-0.15, -0.1) is 0 Å². The van der Waals surface area contributed by atoms with Crippen molar-refractivity contribution in [2.75, 3.05) is 0 Å². The molecule has 1 heterocycles. The zero-order valence-electron chi connectivity index (χ0n) is 12.2. The van der Waals surface area contributed by atoms with E-state index in [1.807, 2.05) is 0 Å². The third-order valence-electron chi connectivity index (χ3n) is 3.35. The number of carbonyl (C=O) groups excluding carboxylic acids is 1. The molecule has 1 aromatic carbocycles. The van der Waals surface area contributed by atoms with Gasteiger partial charge in [-0.05, 0) is 25.5 Å². The molecule has 2 aromatic rings. The molecule has 1 aromatic heterocycles. The second-order valence-corrected chi connectivity index (χ2v) is 4.78. The lowest BCUT2D eigenvalue weighted by molar-refractivity contribution is -0.139. The molecule has 116 valence electrons. The number of halogens is 1. The summed E-state index contributed by atoms with van der Waals surface area (Å²) in [5, 5.41) is 15.4. The van der Waals surface area contributed by atoms with Crippen molar-refractivity contribution in [3.05, 3.63) is 47.5 Å². The van der Waals surface area contributed by atoms with E-state index in [0.29, 0.717) is 5.69 Å². The molecule has 0 bridgehead atoms. The van der Waals surface area contributed by atoms with Crippen molar-refractivity contribution in [2.24, 2.45) is 0 Å². The SMILES string of the molecule is CCC(NC(=O)c1cnn(-c2ccccc2F)c1C)C(=O)O. The maximum atomic E-state index is 13.8. The van der Waals surface area contributed by atoms with E-state index in [0.717, 1.165) is 0 Å². The number of nitrogens with zero attached hydrogens (tertiary/aromatic N) is 2. The van der Waals surface area contributed by atoms with Crippen LogP contribution in [0.15, 0.2) is 30.5 Å². The fourth-order valence-corrected chi connectivity index (χ4v) is 2.07. The summed E-state index contributed by atoms with van der Waals surface area (Å²) >= 11 is 0. The summed E-state index contributed by atoms with van der Waals surface area (Å²) in [6.07, 6.45) is 1.56. The minimum Gasteiger partial charge on any atom is -0.480 e. The number of carboxylic acid groups (broad SMARTS) is 1. The molecule has 1 atom stereocenters. The highest BCUT2D eigenvalue weighted by molar-refractivity contribution is 5.97. The van der Waals surface area contributed by atoms with Crippen LogP contribution in [0.5, 0.6) is 0 Å². The van der Waals surface area contributed by atoms with Crippen LogP contribution < -0.4 is 5.32 Å². The molecule has 22 heavy (non-hydrogen) atoms. The second-order valence-electron chi connectivity index (χ2n) is 4.78. The highest BCUT2D eigenvalue weighted by Crippen LogP contribution is 2.17. The third-order valence-corrected chi connectivity index (χ3v) is 3.35. The molecule has 0 saturated heterocycles. The van der Waals surface area contributed by atoms with E-state index < -0.39 is 23.7 Å². The van der Waals surface area contributed by atoms with E-state index >= 15 is 0 Å². The molecular formula is C15H16FN3O3. The lowest BCUT2D eigenvalue weighted by atomic mass is 10.2. The normalized spacial score (nSPS) is 12.0. The Kier molecular flexibility index (Phi) is 4.55. The van der Waals surface area contributed by atoms with Crippen LogP contribution in [-0.4, -0.2) is 32.8 Å². The summed E-state index contributed by atoms with van der Waals surface area (Å²) in [6, 6.07) is 5.10. The van der Waals surface area contributed by atoms with Crippen LogP contribution in [0.3, 0.4) is 0 Å². The number of aliphatic carboxylic acids is 1. The zero-order valence-corrected chi connectivity index (χ0v) is 12.2. The highest BCUT2D eigenvalue weighted by Gasteiger charge is 2.22. The Labute approximate surface area is 126 Å². The fourth-order valence-electron chi connectivity index (χ4n) is 2.07. The summed E-state index contributed by atoms with van der Waals surface area (Å²) in [4.78, 5) is 23.1. The average molecular weight is 305 g/mol. The number of carbonyl (C=O) groups is 2. The van der Waals surface area contributed by atoms with E-state index in [-0.39, 0.29) is 17.7 Å². The number of hydrogen-bond donors (Lipinski definition) is 2. The van der Waals surface area contributed by atoms with Gasteiger partial charge < -0.3 is 10.4 Å². The van der Waals surface area contributed by atoms with Gasteiger partial charge in [-0.25, -0.2) is 13.9 Å². The summed E-state index contributed by atoms with van der Waals surface area (Å²) in [7, 11) is 0. The number of para-hydroxylation sites is 1. The number of nitrogens with one attached hydrogen (secondary N) is 1. The Morgan fingerprint density at radius 1 is 1.41 bits per heavy atom. The number of rotatable bonds is 5. The van der Waals surface area contributed by atoms with Crippen LogP contribution in [0.4, 0.5) is 4.39 Å². The van der Waals surface area contributed by atoms with Gasteiger partial charge in [0.2, 0.25) is 0 Å². The van der Waals surface area contributed by atoms with Crippen LogP contribution in [-0.2, 0) is 4.79 Å². The molecule has 6 nitrogen and oxygen atoms in total. The molecule has 1 unspecified atom stereocenters.